The van der Waals surface area contributed by atoms with Gasteiger partial charge in [0.2, 0.25) is 0 Å². The number of ether oxygens (including phenoxy) is 2. The lowest BCUT2D eigenvalue weighted by molar-refractivity contribution is 0.402. The first-order valence-electron chi connectivity index (χ1n) is 7.01. The Bertz CT molecular complexity index is 459. The highest BCUT2D eigenvalue weighted by Crippen LogP contribution is 2.29. The quantitative estimate of drug-likeness (QED) is 0.800. The molecule has 0 radical (unpaired) electrons. The van der Waals surface area contributed by atoms with Gasteiger partial charge < -0.3 is 14.8 Å². The van der Waals surface area contributed by atoms with Crippen LogP contribution in [-0.4, -0.2) is 26.3 Å². The maximum atomic E-state index is 5.41. The highest BCUT2D eigenvalue weighted by atomic mass is 16.5. The van der Waals surface area contributed by atoms with Crippen molar-refractivity contribution in [2.75, 3.05) is 20.8 Å². The van der Waals surface area contributed by atoms with Crippen molar-refractivity contribution >= 4 is 5.57 Å². The first kappa shape index (κ1) is 16.6. The van der Waals surface area contributed by atoms with E-state index >= 15 is 0 Å². The van der Waals surface area contributed by atoms with E-state index in [2.05, 4.69) is 39.1 Å². The third kappa shape index (κ3) is 5.25. The molecule has 0 spiro atoms. The maximum absolute atomic E-state index is 5.41. The van der Waals surface area contributed by atoms with Crippen LogP contribution in [0.3, 0.4) is 0 Å². The molecule has 1 aromatic rings. The van der Waals surface area contributed by atoms with Gasteiger partial charge >= 0.3 is 0 Å². The van der Waals surface area contributed by atoms with Crippen molar-refractivity contribution in [2.45, 2.75) is 39.7 Å². The Kier molecular flexibility index (Phi) is 6.08. The molecule has 0 aliphatic rings. The summed E-state index contributed by atoms with van der Waals surface area (Å²) in [5.41, 5.74) is 2.45. The van der Waals surface area contributed by atoms with Gasteiger partial charge in [-0.05, 0) is 64.4 Å². The molecule has 0 aliphatic carbocycles. The van der Waals surface area contributed by atoms with Gasteiger partial charge in [0.15, 0.2) is 0 Å². The molecule has 1 rings (SSSR count). The monoisotopic (exact) mass is 277 g/mol. The van der Waals surface area contributed by atoms with E-state index in [1.165, 1.54) is 5.57 Å². The molecule has 0 heterocycles. The van der Waals surface area contributed by atoms with E-state index in [9.17, 15) is 0 Å². The fraction of sp³-hybridized carbons (Fsp3) is 0.529. The van der Waals surface area contributed by atoms with Crippen LogP contribution < -0.4 is 14.8 Å². The average Bonchev–Trinajstić information content (AvgIpc) is 2.41. The van der Waals surface area contributed by atoms with Crippen LogP contribution in [0.4, 0.5) is 0 Å². The molecule has 1 N–H and O–H groups in total. The number of methoxy groups -OCH3 is 2. The number of allylic oxidation sites excluding steroid dienone is 1. The van der Waals surface area contributed by atoms with Crippen molar-refractivity contribution in [1.82, 2.24) is 5.32 Å². The number of hydrogen-bond donors (Lipinski definition) is 1. The molecule has 0 saturated carbocycles. The summed E-state index contributed by atoms with van der Waals surface area (Å²) in [5, 5.41) is 3.48. The number of nitrogens with one attached hydrogen (secondary N) is 1. The molecule has 0 atom stereocenters. The van der Waals surface area contributed by atoms with Gasteiger partial charge in [-0.3, -0.25) is 0 Å². The van der Waals surface area contributed by atoms with Crippen LogP contribution in [0.15, 0.2) is 24.3 Å². The Hall–Kier alpha value is -1.48. The average molecular weight is 277 g/mol. The summed E-state index contributed by atoms with van der Waals surface area (Å²) in [6.07, 6.45) is 3.22. The summed E-state index contributed by atoms with van der Waals surface area (Å²) in [6.45, 7) is 9.60. The highest BCUT2D eigenvalue weighted by molar-refractivity contribution is 5.70. The van der Waals surface area contributed by atoms with Crippen molar-refractivity contribution in [3.8, 4) is 11.5 Å². The first-order valence-corrected chi connectivity index (χ1v) is 7.01. The van der Waals surface area contributed by atoms with Crippen LogP contribution in [0.1, 0.15) is 39.7 Å². The van der Waals surface area contributed by atoms with E-state index < -0.39 is 0 Å². The summed E-state index contributed by atoms with van der Waals surface area (Å²) in [7, 11) is 3.37. The molecule has 20 heavy (non-hydrogen) atoms. The highest BCUT2D eigenvalue weighted by Gasteiger charge is 2.08. The molecular weight excluding hydrogens is 250 g/mol. The largest absolute Gasteiger partial charge is 0.497 e. The van der Waals surface area contributed by atoms with Crippen LogP contribution >= 0.6 is 0 Å². The van der Waals surface area contributed by atoms with Crippen molar-refractivity contribution in [3.63, 3.8) is 0 Å². The van der Waals surface area contributed by atoms with Gasteiger partial charge in [0.1, 0.15) is 11.5 Å². The van der Waals surface area contributed by atoms with Crippen LogP contribution in [0.25, 0.3) is 5.57 Å². The predicted molar refractivity (Wildman–Crippen MR) is 85.6 cm³/mol. The maximum Gasteiger partial charge on any atom is 0.126 e. The second kappa shape index (κ2) is 7.34. The second-order valence-corrected chi connectivity index (χ2v) is 5.92. The Labute approximate surface area is 123 Å². The zero-order valence-corrected chi connectivity index (χ0v) is 13.5. The minimum absolute atomic E-state index is 0.162. The molecule has 0 bridgehead atoms. The summed E-state index contributed by atoms with van der Waals surface area (Å²) < 4.78 is 10.7. The Balaban J connectivity index is 2.77. The lowest BCUT2D eigenvalue weighted by Crippen LogP contribution is -2.36. The second-order valence-electron chi connectivity index (χ2n) is 5.92. The molecule has 3 nitrogen and oxygen atoms in total. The van der Waals surface area contributed by atoms with Crippen molar-refractivity contribution in [1.29, 1.82) is 0 Å². The molecule has 0 aromatic heterocycles. The summed E-state index contributed by atoms with van der Waals surface area (Å²) in [5.74, 6) is 1.73. The number of hydrogen-bond acceptors (Lipinski definition) is 3. The fourth-order valence-corrected chi connectivity index (χ4v) is 1.97. The van der Waals surface area contributed by atoms with Crippen LogP contribution in [-0.2, 0) is 0 Å². The molecule has 0 amide bonds. The van der Waals surface area contributed by atoms with Crippen LogP contribution in [0.2, 0.25) is 0 Å². The van der Waals surface area contributed by atoms with Gasteiger partial charge in [0.05, 0.1) is 14.2 Å². The number of rotatable bonds is 6. The van der Waals surface area contributed by atoms with Gasteiger partial charge in [-0.25, -0.2) is 0 Å². The summed E-state index contributed by atoms with van der Waals surface area (Å²) in [6, 6.07) is 5.87. The van der Waals surface area contributed by atoms with Crippen molar-refractivity contribution in [2.24, 2.45) is 0 Å². The lowest BCUT2D eigenvalue weighted by atomic mass is 10.0. The van der Waals surface area contributed by atoms with Crippen LogP contribution in [0, 0.1) is 0 Å². The van der Waals surface area contributed by atoms with E-state index in [1.807, 2.05) is 18.2 Å². The van der Waals surface area contributed by atoms with Crippen molar-refractivity contribution < 1.29 is 9.47 Å². The van der Waals surface area contributed by atoms with Crippen molar-refractivity contribution in [3.05, 3.63) is 29.8 Å². The standard InChI is InChI=1S/C17H27NO2/c1-13(8-7-11-18-17(2,3)4)15-12-14(19-5)9-10-16(15)20-6/h8-10,12,18H,7,11H2,1-6H3. The molecule has 1 aromatic carbocycles. The van der Waals surface area contributed by atoms with E-state index in [1.54, 1.807) is 14.2 Å². The zero-order chi connectivity index (χ0) is 15.2. The van der Waals surface area contributed by atoms with E-state index in [4.69, 9.17) is 9.47 Å². The molecule has 0 fully saturated rings. The smallest absolute Gasteiger partial charge is 0.126 e. The third-order valence-corrected chi connectivity index (χ3v) is 3.08. The molecule has 0 aliphatic heterocycles. The van der Waals surface area contributed by atoms with E-state index in [0.29, 0.717) is 0 Å². The molecule has 0 saturated heterocycles. The molecule has 3 heteroatoms. The van der Waals surface area contributed by atoms with Gasteiger partial charge in [-0.2, -0.15) is 0 Å². The predicted octanol–water partition coefficient (Wildman–Crippen LogP) is 3.89. The Morgan fingerprint density at radius 2 is 1.90 bits per heavy atom. The summed E-state index contributed by atoms with van der Waals surface area (Å²) in [4.78, 5) is 0. The van der Waals surface area contributed by atoms with E-state index in [-0.39, 0.29) is 5.54 Å². The molecular formula is C17H27NO2. The van der Waals surface area contributed by atoms with Gasteiger partial charge in [0, 0.05) is 11.1 Å². The van der Waals surface area contributed by atoms with Gasteiger partial charge in [0.25, 0.3) is 0 Å². The summed E-state index contributed by atoms with van der Waals surface area (Å²) >= 11 is 0. The Morgan fingerprint density at radius 1 is 1.20 bits per heavy atom. The van der Waals surface area contributed by atoms with Gasteiger partial charge in [-0.1, -0.05) is 6.08 Å². The Morgan fingerprint density at radius 3 is 2.45 bits per heavy atom. The minimum Gasteiger partial charge on any atom is -0.497 e. The normalized spacial score (nSPS) is 12.4. The lowest BCUT2D eigenvalue weighted by Gasteiger charge is -2.20. The first-order chi connectivity index (χ1) is 9.37. The number of benzene rings is 1. The van der Waals surface area contributed by atoms with Crippen LogP contribution in [0.5, 0.6) is 11.5 Å². The minimum atomic E-state index is 0.162. The third-order valence-electron chi connectivity index (χ3n) is 3.08. The van der Waals surface area contributed by atoms with E-state index in [0.717, 1.165) is 30.0 Å². The topological polar surface area (TPSA) is 30.5 Å². The molecule has 112 valence electrons. The SMILES string of the molecule is COc1ccc(OC)c(C(C)=CCCNC(C)(C)C)c1. The molecule has 0 unspecified atom stereocenters. The van der Waals surface area contributed by atoms with Gasteiger partial charge in [-0.15, -0.1) is 0 Å². The fourth-order valence-electron chi connectivity index (χ4n) is 1.97. The zero-order valence-electron chi connectivity index (χ0n) is 13.5.